The van der Waals surface area contributed by atoms with Crippen molar-refractivity contribution in [2.45, 2.75) is 6.10 Å². The van der Waals surface area contributed by atoms with Gasteiger partial charge in [0.25, 0.3) is 5.91 Å². The first-order chi connectivity index (χ1) is 10.2. The van der Waals surface area contributed by atoms with Gasteiger partial charge in [0.15, 0.2) is 6.10 Å². The summed E-state index contributed by atoms with van der Waals surface area (Å²) in [5, 5.41) is 9.72. The lowest BCUT2D eigenvalue weighted by molar-refractivity contribution is 0.00322. The molecule has 106 valence electrons. The number of amides is 1. The van der Waals surface area contributed by atoms with Gasteiger partial charge in [-0.2, -0.15) is 5.26 Å². The molecule has 1 aromatic heterocycles. The first kappa shape index (κ1) is 13.3. The van der Waals surface area contributed by atoms with E-state index in [1.54, 1.807) is 11.0 Å². The number of anilines is 1. The molecular formula is C15H14N4O2. The van der Waals surface area contributed by atoms with Crippen molar-refractivity contribution < 1.29 is 9.53 Å². The summed E-state index contributed by atoms with van der Waals surface area (Å²) in [6.07, 6.45) is -0.583. The zero-order valence-corrected chi connectivity index (χ0v) is 11.3. The zero-order valence-electron chi connectivity index (χ0n) is 11.3. The first-order valence-corrected chi connectivity index (χ1v) is 6.65. The molecule has 0 bridgehead atoms. The van der Waals surface area contributed by atoms with Crippen LogP contribution in [-0.2, 0) is 4.74 Å². The number of carbonyl (C=O) groups excluding carboxylic acids is 1. The normalized spacial score (nSPS) is 18.4. The lowest BCUT2D eigenvalue weighted by atomic mass is 10.1. The monoisotopic (exact) mass is 282 g/mol. The Kier molecular flexibility index (Phi) is 3.42. The molecule has 1 unspecified atom stereocenters. The minimum Gasteiger partial charge on any atom is -0.398 e. The smallest absolute Gasteiger partial charge is 0.272 e. The summed E-state index contributed by atoms with van der Waals surface area (Å²) in [5.74, 6) is -0.226. The highest BCUT2D eigenvalue weighted by molar-refractivity contribution is 5.99. The maximum absolute atomic E-state index is 12.5. The predicted molar refractivity (Wildman–Crippen MR) is 77.4 cm³/mol. The molecule has 1 amide bonds. The van der Waals surface area contributed by atoms with Crippen LogP contribution < -0.4 is 5.73 Å². The standard InChI is InChI=1S/C15H14N4O2/c16-8-10-9-19(5-6-21-10)15(20)14-7-12(17)11-3-1-2-4-13(11)18-14/h1-4,7,10H,5-6,9H2,(H2,17,18). The molecule has 1 atom stereocenters. The maximum Gasteiger partial charge on any atom is 0.272 e. The van der Waals surface area contributed by atoms with E-state index in [4.69, 9.17) is 15.7 Å². The number of nitrogens with zero attached hydrogens (tertiary/aromatic N) is 3. The Hall–Kier alpha value is -2.65. The van der Waals surface area contributed by atoms with Crippen molar-refractivity contribution in [1.82, 2.24) is 9.88 Å². The van der Waals surface area contributed by atoms with E-state index in [9.17, 15) is 4.79 Å². The number of benzene rings is 1. The van der Waals surface area contributed by atoms with E-state index in [1.807, 2.05) is 30.3 Å². The number of aromatic nitrogens is 1. The van der Waals surface area contributed by atoms with Gasteiger partial charge in [-0.05, 0) is 12.1 Å². The Morgan fingerprint density at radius 2 is 2.29 bits per heavy atom. The fourth-order valence-electron chi connectivity index (χ4n) is 2.39. The van der Waals surface area contributed by atoms with Crippen LogP contribution in [0.25, 0.3) is 10.9 Å². The molecule has 6 heteroatoms. The summed E-state index contributed by atoms with van der Waals surface area (Å²) in [7, 11) is 0. The average Bonchev–Trinajstić information content (AvgIpc) is 2.54. The second-order valence-corrected chi connectivity index (χ2v) is 4.85. The van der Waals surface area contributed by atoms with Crippen LogP contribution in [0.1, 0.15) is 10.5 Å². The number of nitrogens with two attached hydrogens (primary N) is 1. The zero-order chi connectivity index (χ0) is 14.8. The topological polar surface area (TPSA) is 92.2 Å². The SMILES string of the molecule is N#CC1CN(C(=O)c2cc(N)c3ccccc3n2)CCO1. The lowest BCUT2D eigenvalue weighted by Gasteiger charge is -2.29. The number of carbonyl (C=O) groups is 1. The summed E-state index contributed by atoms with van der Waals surface area (Å²) < 4.78 is 5.24. The van der Waals surface area contributed by atoms with Crippen molar-refractivity contribution >= 4 is 22.5 Å². The van der Waals surface area contributed by atoms with Gasteiger partial charge in [-0.25, -0.2) is 4.98 Å². The number of ether oxygens (including phenoxy) is 1. The first-order valence-electron chi connectivity index (χ1n) is 6.65. The molecule has 0 saturated carbocycles. The molecule has 1 fully saturated rings. The Balaban J connectivity index is 1.93. The van der Waals surface area contributed by atoms with E-state index in [1.165, 1.54) is 0 Å². The second kappa shape index (κ2) is 5.38. The van der Waals surface area contributed by atoms with Crippen LogP contribution in [0.5, 0.6) is 0 Å². The highest BCUT2D eigenvalue weighted by atomic mass is 16.5. The van der Waals surface area contributed by atoms with Crippen molar-refractivity contribution in [3.05, 3.63) is 36.0 Å². The van der Waals surface area contributed by atoms with Crippen LogP contribution >= 0.6 is 0 Å². The van der Waals surface area contributed by atoms with Gasteiger partial charge in [0.05, 0.1) is 24.7 Å². The van der Waals surface area contributed by atoms with Gasteiger partial charge in [0, 0.05) is 17.6 Å². The van der Waals surface area contributed by atoms with Crippen molar-refractivity contribution in [3.63, 3.8) is 0 Å². The Morgan fingerprint density at radius 1 is 1.48 bits per heavy atom. The molecule has 3 rings (SSSR count). The summed E-state index contributed by atoms with van der Waals surface area (Å²) in [5.41, 5.74) is 7.49. The van der Waals surface area contributed by atoms with Gasteiger partial charge >= 0.3 is 0 Å². The highest BCUT2D eigenvalue weighted by Gasteiger charge is 2.26. The molecule has 0 spiro atoms. The molecule has 1 aliphatic heterocycles. The number of nitrogen functional groups attached to an aromatic ring is 1. The Labute approximate surface area is 121 Å². The largest absolute Gasteiger partial charge is 0.398 e. The fourth-order valence-corrected chi connectivity index (χ4v) is 2.39. The summed E-state index contributed by atoms with van der Waals surface area (Å²) in [6.45, 7) is 1.06. The van der Waals surface area contributed by atoms with E-state index in [2.05, 4.69) is 4.98 Å². The Bertz CT molecular complexity index is 738. The van der Waals surface area contributed by atoms with Crippen molar-refractivity contribution in [3.8, 4) is 6.07 Å². The van der Waals surface area contributed by atoms with Crippen LogP contribution in [0.2, 0.25) is 0 Å². The second-order valence-electron chi connectivity index (χ2n) is 4.85. The highest BCUT2D eigenvalue weighted by Crippen LogP contribution is 2.21. The number of rotatable bonds is 1. The number of hydrogen-bond acceptors (Lipinski definition) is 5. The van der Waals surface area contributed by atoms with Crippen LogP contribution in [0, 0.1) is 11.3 Å². The minimum atomic E-state index is -0.583. The maximum atomic E-state index is 12.5. The third kappa shape index (κ3) is 2.51. The Morgan fingerprint density at radius 3 is 3.10 bits per heavy atom. The van der Waals surface area contributed by atoms with Gasteiger partial charge in [-0.3, -0.25) is 4.79 Å². The number of nitriles is 1. The van der Waals surface area contributed by atoms with E-state index >= 15 is 0 Å². The van der Waals surface area contributed by atoms with E-state index < -0.39 is 6.10 Å². The third-order valence-corrected chi connectivity index (χ3v) is 3.46. The molecule has 2 aromatic rings. The van der Waals surface area contributed by atoms with E-state index in [0.29, 0.717) is 30.0 Å². The predicted octanol–water partition coefficient (Wildman–Crippen LogP) is 1.18. The molecule has 1 saturated heterocycles. The van der Waals surface area contributed by atoms with E-state index in [0.717, 1.165) is 5.39 Å². The minimum absolute atomic E-state index is 0.226. The van der Waals surface area contributed by atoms with Gasteiger partial charge in [-0.15, -0.1) is 0 Å². The molecule has 0 aliphatic carbocycles. The molecule has 0 radical (unpaired) electrons. The van der Waals surface area contributed by atoms with Gasteiger partial charge in [0.2, 0.25) is 0 Å². The van der Waals surface area contributed by atoms with Crippen LogP contribution in [0.3, 0.4) is 0 Å². The number of morpholine rings is 1. The molecule has 6 nitrogen and oxygen atoms in total. The summed E-state index contributed by atoms with van der Waals surface area (Å²) in [4.78, 5) is 18.4. The van der Waals surface area contributed by atoms with Gasteiger partial charge < -0.3 is 15.4 Å². The number of para-hydroxylation sites is 1. The molecule has 2 N–H and O–H groups in total. The summed E-state index contributed by atoms with van der Waals surface area (Å²) in [6, 6.07) is 11.0. The molecule has 1 aromatic carbocycles. The van der Waals surface area contributed by atoms with Gasteiger partial charge in [-0.1, -0.05) is 18.2 Å². The van der Waals surface area contributed by atoms with Crippen LogP contribution in [0.4, 0.5) is 5.69 Å². The third-order valence-electron chi connectivity index (χ3n) is 3.46. The van der Waals surface area contributed by atoms with Gasteiger partial charge in [0.1, 0.15) is 5.69 Å². The molecule has 2 heterocycles. The number of hydrogen-bond donors (Lipinski definition) is 1. The lowest BCUT2D eigenvalue weighted by Crippen LogP contribution is -2.45. The van der Waals surface area contributed by atoms with Crippen molar-refractivity contribution in [2.75, 3.05) is 25.4 Å². The van der Waals surface area contributed by atoms with E-state index in [-0.39, 0.29) is 12.5 Å². The molecule has 21 heavy (non-hydrogen) atoms. The number of pyridine rings is 1. The molecular weight excluding hydrogens is 268 g/mol. The van der Waals surface area contributed by atoms with Crippen molar-refractivity contribution in [1.29, 1.82) is 5.26 Å². The van der Waals surface area contributed by atoms with Crippen LogP contribution in [-0.4, -0.2) is 41.6 Å². The van der Waals surface area contributed by atoms with Crippen LogP contribution in [0.15, 0.2) is 30.3 Å². The fraction of sp³-hybridized carbons (Fsp3) is 0.267. The molecule has 1 aliphatic rings. The average molecular weight is 282 g/mol. The quantitative estimate of drug-likeness (QED) is 0.848. The number of fused-ring (bicyclic) bond motifs is 1. The van der Waals surface area contributed by atoms with Crippen molar-refractivity contribution in [2.24, 2.45) is 0 Å². The summed E-state index contributed by atoms with van der Waals surface area (Å²) >= 11 is 0.